The van der Waals surface area contributed by atoms with Crippen molar-refractivity contribution in [2.75, 3.05) is 5.32 Å². The number of primary sulfonamides is 1. The molecule has 3 rings (SSSR count). The molecule has 0 atom stereocenters. The number of aromatic nitrogens is 2. The van der Waals surface area contributed by atoms with Crippen LogP contribution in [0.15, 0.2) is 53.4 Å². The van der Waals surface area contributed by atoms with Crippen LogP contribution in [-0.2, 0) is 10.0 Å². The standard InChI is InChI=1S/C16H14N4O3S2/c1-10-7-8-12(25(17,22)23)9-13(10)14(21)18-16-20-19-15(24-16)11-5-3-2-4-6-11/h2-9H,1H3,(H2,17,22,23)(H,18,20,21). The fourth-order valence-corrected chi connectivity index (χ4v) is 3.44. The van der Waals surface area contributed by atoms with Crippen molar-refractivity contribution in [1.29, 1.82) is 0 Å². The van der Waals surface area contributed by atoms with E-state index in [9.17, 15) is 13.2 Å². The quantitative estimate of drug-likeness (QED) is 0.728. The van der Waals surface area contributed by atoms with Crippen molar-refractivity contribution >= 4 is 32.4 Å². The summed E-state index contributed by atoms with van der Waals surface area (Å²) in [6.45, 7) is 1.71. The number of aryl methyl sites for hydroxylation is 1. The maximum Gasteiger partial charge on any atom is 0.257 e. The molecule has 0 aliphatic heterocycles. The van der Waals surface area contributed by atoms with Gasteiger partial charge < -0.3 is 0 Å². The Bertz CT molecular complexity index is 1030. The highest BCUT2D eigenvalue weighted by atomic mass is 32.2. The van der Waals surface area contributed by atoms with Gasteiger partial charge in [-0.2, -0.15) is 0 Å². The molecular formula is C16H14N4O3S2. The molecule has 0 radical (unpaired) electrons. The van der Waals surface area contributed by atoms with Crippen molar-refractivity contribution in [3.63, 3.8) is 0 Å². The summed E-state index contributed by atoms with van der Waals surface area (Å²) in [6, 6.07) is 13.6. The fourth-order valence-electron chi connectivity index (χ4n) is 2.16. The second-order valence-corrected chi connectivity index (χ2v) is 7.79. The minimum Gasteiger partial charge on any atom is -0.296 e. The SMILES string of the molecule is Cc1ccc(S(N)(=O)=O)cc1C(=O)Nc1nnc(-c2ccccc2)s1. The zero-order valence-electron chi connectivity index (χ0n) is 13.1. The molecule has 0 bridgehead atoms. The number of hydrogen-bond acceptors (Lipinski definition) is 6. The second-order valence-electron chi connectivity index (χ2n) is 5.25. The summed E-state index contributed by atoms with van der Waals surface area (Å²) >= 11 is 1.23. The normalized spacial score (nSPS) is 11.3. The van der Waals surface area contributed by atoms with Gasteiger partial charge in [0.2, 0.25) is 15.2 Å². The van der Waals surface area contributed by atoms with Gasteiger partial charge in [-0.05, 0) is 24.6 Å². The number of nitrogens with two attached hydrogens (primary N) is 1. The summed E-state index contributed by atoms with van der Waals surface area (Å²) in [5.41, 5.74) is 1.73. The number of nitrogens with one attached hydrogen (secondary N) is 1. The van der Waals surface area contributed by atoms with Crippen LogP contribution in [0.5, 0.6) is 0 Å². The van der Waals surface area contributed by atoms with E-state index in [2.05, 4.69) is 15.5 Å². The molecule has 0 saturated heterocycles. The minimum absolute atomic E-state index is 0.120. The third kappa shape index (κ3) is 3.90. The van der Waals surface area contributed by atoms with E-state index in [1.54, 1.807) is 6.92 Å². The number of anilines is 1. The van der Waals surface area contributed by atoms with Crippen LogP contribution in [0.3, 0.4) is 0 Å². The molecule has 128 valence electrons. The number of hydrogen-bond donors (Lipinski definition) is 2. The predicted molar refractivity (Wildman–Crippen MR) is 95.9 cm³/mol. The maximum absolute atomic E-state index is 12.5. The van der Waals surface area contributed by atoms with Gasteiger partial charge in [-0.1, -0.05) is 47.7 Å². The lowest BCUT2D eigenvalue weighted by atomic mass is 10.1. The van der Waals surface area contributed by atoms with E-state index in [-0.39, 0.29) is 10.5 Å². The number of benzene rings is 2. The van der Waals surface area contributed by atoms with Crippen LogP contribution in [-0.4, -0.2) is 24.5 Å². The molecule has 7 nitrogen and oxygen atoms in total. The van der Waals surface area contributed by atoms with Gasteiger partial charge in [0.05, 0.1) is 4.90 Å². The fraction of sp³-hybridized carbons (Fsp3) is 0.0625. The third-order valence-electron chi connectivity index (χ3n) is 3.45. The molecule has 0 fully saturated rings. The van der Waals surface area contributed by atoms with E-state index < -0.39 is 15.9 Å². The Morgan fingerprint density at radius 1 is 1.12 bits per heavy atom. The van der Waals surface area contributed by atoms with Gasteiger partial charge in [-0.15, -0.1) is 10.2 Å². The highest BCUT2D eigenvalue weighted by Crippen LogP contribution is 2.26. The Balaban J connectivity index is 1.85. The summed E-state index contributed by atoms with van der Waals surface area (Å²) in [6.07, 6.45) is 0. The molecule has 2 aromatic carbocycles. The summed E-state index contributed by atoms with van der Waals surface area (Å²) in [5, 5.41) is 16.8. The molecule has 0 unspecified atom stereocenters. The lowest BCUT2D eigenvalue weighted by molar-refractivity contribution is 0.102. The van der Waals surface area contributed by atoms with E-state index in [4.69, 9.17) is 5.14 Å². The van der Waals surface area contributed by atoms with Crippen LogP contribution in [0.2, 0.25) is 0 Å². The van der Waals surface area contributed by atoms with E-state index in [1.165, 1.54) is 29.5 Å². The highest BCUT2D eigenvalue weighted by Gasteiger charge is 2.16. The van der Waals surface area contributed by atoms with Crippen molar-refractivity contribution in [3.8, 4) is 10.6 Å². The average Bonchev–Trinajstić information content (AvgIpc) is 3.03. The molecule has 9 heteroatoms. The van der Waals surface area contributed by atoms with Crippen molar-refractivity contribution < 1.29 is 13.2 Å². The molecule has 0 spiro atoms. The Labute approximate surface area is 148 Å². The number of rotatable bonds is 4. The number of amides is 1. The van der Waals surface area contributed by atoms with E-state index in [0.717, 1.165) is 5.56 Å². The lowest BCUT2D eigenvalue weighted by Crippen LogP contribution is -2.17. The Morgan fingerprint density at radius 2 is 1.84 bits per heavy atom. The third-order valence-corrected chi connectivity index (χ3v) is 5.25. The highest BCUT2D eigenvalue weighted by molar-refractivity contribution is 7.89. The molecule has 0 aliphatic carbocycles. The van der Waals surface area contributed by atoms with Gasteiger partial charge in [-0.3, -0.25) is 10.1 Å². The van der Waals surface area contributed by atoms with Crippen LogP contribution in [0, 0.1) is 6.92 Å². The number of nitrogens with zero attached hydrogens (tertiary/aromatic N) is 2. The van der Waals surface area contributed by atoms with Gasteiger partial charge in [0.25, 0.3) is 5.91 Å². The van der Waals surface area contributed by atoms with Crippen LogP contribution in [0.1, 0.15) is 15.9 Å². The molecule has 25 heavy (non-hydrogen) atoms. The monoisotopic (exact) mass is 374 g/mol. The largest absolute Gasteiger partial charge is 0.296 e. The first-order valence-corrected chi connectivity index (χ1v) is 9.54. The molecule has 3 N–H and O–H groups in total. The Morgan fingerprint density at radius 3 is 2.52 bits per heavy atom. The summed E-state index contributed by atoms with van der Waals surface area (Å²) in [5.74, 6) is -0.473. The summed E-state index contributed by atoms with van der Waals surface area (Å²) in [7, 11) is -3.89. The molecular weight excluding hydrogens is 360 g/mol. The summed E-state index contributed by atoms with van der Waals surface area (Å²) in [4.78, 5) is 12.3. The molecule has 0 saturated carbocycles. The van der Waals surface area contributed by atoms with Crippen LogP contribution >= 0.6 is 11.3 Å². The van der Waals surface area contributed by atoms with E-state index in [0.29, 0.717) is 15.7 Å². The van der Waals surface area contributed by atoms with Crippen LogP contribution in [0.4, 0.5) is 5.13 Å². The smallest absolute Gasteiger partial charge is 0.257 e. The van der Waals surface area contributed by atoms with Crippen molar-refractivity contribution in [2.24, 2.45) is 5.14 Å². The first-order valence-electron chi connectivity index (χ1n) is 7.18. The van der Waals surface area contributed by atoms with Gasteiger partial charge in [0.1, 0.15) is 5.01 Å². The second kappa shape index (κ2) is 6.71. The van der Waals surface area contributed by atoms with Gasteiger partial charge in [-0.25, -0.2) is 13.6 Å². The zero-order chi connectivity index (χ0) is 18.0. The first-order chi connectivity index (χ1) is 11.8. The van der Waals surface area contributed by atoms with Crippen molar-refractivity contribution in [3.05, 3.63) is 59.7 Å². The van der Waals surface area contributed by atoms with E-state index in [1.807, 2.05) is 30.3 Å². The lowest BCUT2D eigenvalue weighted by Gasteiger charge is -2.07. The topological polar surface area (TPSA) is 115 Å². The Hall–Kier alpha value is -2.62. The number of carbonyl (C=O) groups is 1. The van der Waals surface area contributed by atoms with Gasteiger partial charge in [0, 0.05) is 11.1 Å². The summed E-state index contributed by atoms with van der Waals surface area (Å²) < 4.78 is 22.9. The average molecular weight is 374 g/mol. The predicted octanol–water partition coefficient (Wildman–Crippen LogP) is 2.41. The molecule has 1 aromatic heterocycles. The molecule has 0 aliphatic rings. The molecule has 3 aromatic rings. The van der Waals surface area contributed by atoms with Crippen LogP contribution in [0.25, 0.3) is 10.6 Å². The van der Waals surface area contributed by atoms with Crippen molar-refractivity contribution in [2.45, 2.75) is 11.8 Å². The molecule has 1 amide bonds. The molecule has 1 heterocycles. The van der Waals surface area contributed by atoms with Gasteiger partial charge >= 0.3 is 0 Å². The van der Waals surface area contributed by atoms with E-state index >= 15 is 0 Å². The van der Waals surface area contributed by atoms with Crippen LogP contribution < -0.4 is 10.5 Å². The Kier molecular flexibility index (Phi) is 4.62. The number of sulfonamides is 1. The number of carbonyl (C=O) groups excluding carboxylic acids is 1. The minimum atomic E-state index is -3.89. The first kappa shape index (κ1) is 17.2. The maximum atomic E-state index is 12.5. The van der Waals surface area contributed by atoms with Gasteiger partial charge in [0.15, 0.2) is 0 Å². The van der Waals surface area contributed by atoms with Crippen molar-refractivity contribution in [1.82, 2.24) is 10.2 Å². The zero-order valence-corrected chi connectivity index (χ0v) is 14.8.